The summed E-state index contributed by atoms with van der Waals surface area (Å²) < 4.78 is 26.1. The van der Waals surface area contributed by atoms with Gasteiger partial charge >= 0.3 is 29.9 Å². The smallest absolute Gasteiger partial charge is 0.316 e. The van der Waals surface area contributed by atoms with E-state index in [1.807, 2.05) is 0 Å². The number of urea groups is 1. The second-order valence-corrected chi connectivity index (χ2v) is 5.84. The summed E-state index contributed by atoms with van der Waals surface area (Å²) in [5.74, 6) is -2.88. The first kappa shape index (κ1) is 23.1. The first-order valence-corrected chi connectivity index (χ1v) is 8.33. The lowest BCUT2D eigenvalue weighted by Crippen LogP contribution is -2.66. The molecule has 12 nitrogen and oxygen atoms in total. The highest BCUT2D eigenvalue weighted by Crippen LogP contribution is 2.28. The minimum absolute atomic E-state index is 0.371. The third kappa shape index (κ3) is 7.02. The van der Waals surface area contributed by atoms with Crippen molar-refractivity contribution in [2.75, 3.05) is 13.7 Å². The predicted molar refractivity (Wildman–Crippen MR) is 89.5 cm³/mol. The molecule has 0 saturated carbocycles. The fourth-order valence-corrected chi connectivity index (χ4v) is 2.55. The Labute approximate surface area is 161 Å². The van der Waals surface area contributed by atoms with Gasteiger partial charge in [-0.3, -0.25) is 19.2 Å². The number of hydrogen-bond acceptors (Lipinski definition) is 10. The van der Waals surface area contributed by atoms with E-state index in [2.05, 4.69) is 10.6 Å². The van der Waals surface area contributed by atoms with E-state index < -0.39 is 60.6 Å². The van der Waals surface area contributed by atoms with E-state index >= 15 is 0 Å². The zero-order valence-electron chi connectivity index (χ0n) is 16.2. The summed E-state index contributed by atoms with van der Waals surface area (Å²) in [6.07, 6.45) is -6.35. The van der Waals surface area contributed by atoms with Crippen LogP contribution in [0.5, 0.6) is 0 Å². The number of esters is 4. The van der Waals surface area contributed by atoms with E-state index in [1.165, 1.54) is 7.05 Å². The van der Waals surface area contributed by atoms with Gasteiger partial charge in [0.15, 0.2) is 24.5 Å². The molecule has 2 amide bonds. The fraction of sp³-hybridized carbons (Fsp3) is 0.688. The minimum Gasteiger partial charge on any atom is -0.463 e. The summed E-state index contributed by atoms with van der Waals surface area (Å²) in [6, 6.07) is -0.680. The van der Waals surface area contributed by atoms with E-state index in [4.69, 9.17) is 23.7 Å². The number of amides is 2. The largest absolute Gasteiger partial charge is 0.463 e. The molecular formula is C16H24N2O10. The molecule has 12 heteroatoms. The van der Waals surface area contributed by atoms with Crippen LogP contribution in [0.15, 0.2) is 0 Å². The number of hydrogen-bond donors (Lipinski definition) is 2. The Kier molecular flexibility index (Phi) is 8.64. The van der Waals surface area contributed by atoms with Crippen LogP contribution in [0.25, 0.3) is 0 Å². The van der Waals surface area contributed by atoms with Gasteiger partial charge in [-0.25, -0.2) is 4.79 Å². The summed E-state index contributed by atoms with van der Waals surface area (Å²) >= 11 is 0. The first-order valence-electron chi connectivity index (χ1n) is 8.33. The van der Waals surface area contributed by atoms with Crippen LogP contribution in [0.3, 0.4) is 0 Å². The number of carbonyl (C=O) groups is 5. The molecule has 1 rings (SSSR count). The molecule has 0 spiro atoms. The molecule has 2 N–H and O–H groups in total. The third-order valence-electron chi connectivity index (χ3n) is 3.49. The Balaban J connectivity index is 3.30. The van der Waals surface area contributed by atoms with Crippen LogP contribution < -0.4 is 10.6 Å². The van der Waals surface area contributed by atoms with Crippen LogP contribution in [0, 0.1) is 0 Å². The maximum absolute atomic E-state index is 11.8. The van der Waals surface area contributed by atoms with Gasteiger partial charge in [0.25, 0.3) is 0 Å². The highest BCUT2D eigenvalue weighted by molar-refractivity contribution is 5.74. The maximum Gasteiger partial charge on any atom is 0.316 e. The van der Waals surface area contributed by atoms with Gasteiger partial charge in [0.2, 0.25) is 0 Å². The monoisotopic (exact) mass is 404 g/mol. The van der Waals surface area contributed by atoms with Gasteiger partial charge in [-0.1, -0.05) is 0 Å². The zero-order chi connectivity index (χ0) is 21.4. The van der Waals surface area contributed by atoms with Crippen molar-refractivity contribution >= 4 is 29.9 Å². The molecule has 0 aromatic carbocycles. The van der Waals surface area contributed by atoms with Crippen molar-refractivity contribution in [2.24, 2.45) is 0 Å². The van der Waals surface area contributed by atoms with Crippen molar-refractivity contribution in [1.29, 1.82) is 0 Å². The van der Waals surface area contributed by atoms with Gasteiger partial charge in [0, 0.05) is 34.7 Å². The van der Waals surface area contributed by atoms with E-state index in [1.54, 1.807) is 0 Å². The summed E-state index contributed by atoms with van der Waals surface area (Å²) in [5.41, 5.74) is 0. The molecule has 28 heavy (non-hydrogen) atoms. The molecule has 0 radical (unpaired) electrons. The van der Waals surface area contributed by atoms with E-state index in [-0.39, 0.29) is 6.61 Å². The van der Waals surface area contributed by atoms with E-state index in [0.717, 1.165) is 27.7 Å². The van der Waals surface area contributed by atoms with Crippen molar-refractivity contribution in [3.05, 3.63) is 0 Å². The van der Waals surface area contributed by atoms with Crippen LogP contribution in [0.4, 0.5) is 4.79 Å². The van der Waals surface area contributed by atoms with Gasteiger partial charge < -0.3 is 34.3 Å². The van der Waals surface area contributed by atoms with E-state index in [0.29, 0.717) is 0 Å². The molecule has 5 atom stereocenters. The van der Waals surface area contributed by atoms with Gasteiger partial charge in [0.05, 0.1) is 0 Å². The Morgan fingerprint density at radius 2 is 1.29 bits per heavy atom. The summed E-state index contributed by atoms with van der Waals surface area (Å²) in [7, 11) is 1.35. The number of rotatable bonds is 6. The van der Waals surface area contributed by atoms with Crippen molar-refractivity contribution in [1.82, 2.24) is 10.6 Å². The molecule has 0 aliphatic carbocycles. The Morgan fingerprint density at radius 3 is 1.75 bits per heavy atom. The standard InChI is InChI=1S/C16H24N2O10/c1-7(19)24-6-11-12(25-8(2)20)13(26-9(3)21)14(27-10(4)22)15(28-11)18-16(23)17-5/h11-15H,6H2,1-5H3,(H2,17,18,23)/t11-,12-,13+,14-,15+/m1/s1. The first-order chi connectivity index (χ1) is 13.0. The molecule has 1 fully saturated rings. The quantitative estimate of drug-likeness (QED) is 0.416. The van der Waals surface area contributed by atoms with Gasteiger partial charge in [-0.15, -0.1) is 0 Å². The Bertz CT molecular complexity index is 623. The van der Waals surface area contributed by atoms with Gasteiger partial charge in [-0.05, 0) is 0 Å². The van der Waals surface area contributed by atoms with E-state index in [9.17, 15) is 24.0 Å². The zero-order valence-corrected chi connectivity index (χ0v) is 16.2. The molecule has 0 aromatic heterocycles. The summed E-state index contributed by atoms with van der Waals surface area (Å²) in [5, 5.41) is 4.70. The molecule has 1 heterocycles. The van der Waals surface area contributed by atoms with Gasteiger partial charge in [0.1, 0.15) is 12.7 Å². The number of ether oxygens (including phenoxy) is 5. The second-order valence-electron chi connectivity index (χ2n) is 5.84. The molecule has 0 unspecified atom stereocenters. The average Bonchev–Trinajstić information content (AvgIpc) is 2.57. The number of carbonyl (C=O) groups excluding carboxylic acids is 5. The predicted octanol–water partition coefficient (Wildman–Crippen LogP) is -1.00. The molecule has 0 aromatic rings. The average molecular weight is 404 g/mol. The Hall–Kier alpha value is -2.89. The molecule has 1 aliphatic heterocycles. The third-order valence-corrected chi connectivity index (χ3v) is 3.49. The second kappa shape index (κ2) is 10.4. The van der Waals surface area contributed by atoms with Crippen molar-refractivity contribution < 1.29 is 47.7 Å². The molecule has 158 valence electrons. The van der Waals surface area contributed by atoms with Crippen LogP contribution in [-0.4, -0.2) is 74.2 Å². The summed E-state index contributed by atoms with van der Waals surface area (Å²) in [6.45, 7) is 4.11. The summed E-state index contributed by atoms with van der Waals surface area (Å²) in [4.78, 5) is 57.6. The lowest BCUT2D eigenvalue weighted by atomic mass is 9.97. The highest BCUT2D eigenvalue weighted by atomic mass is 16.7. The van der Waals surface area contributed by atoms with Crippen LogP contribution in [0.2, 0.25) is 0 Å². The van der Waals surface area contributed by atoms with Crippen LogP contribution in [0.1, 0.15) is 27.7 Å². The SMILES string of the molecule is CNC(=O)N[C@H]1O[C@H](COC(C)=O)[C@@H](OC(C)=O)[C@H](OC(C)=O)[C@H]1OC(C)=O. The lowest BCUT2D eigenvalue weighted by Gasteiger charge is -2.44. The van der Waals surface area contributed by atoms with Crippen LogP contribution in [-0.2, 0) is 42.9 Å². The molecular weight excluding hydrogens is 380 g/mol. The van der Waals surface area contributed by atoms with Crippen molar-refractivity contribution in [3.63, 3.8) is 0 Å². The van der Waals surface area contributed by atoms with Crippen molar-refractivity contribution in [2.45, 2.75) is 58.3 Å². The normalized spacial score (nSPS) is 26.4. The highest BCUT2D eigenvalue weighted by Gasteiger charge is 2.52. The molecule has 1 aliphatic rings. The molecule has 1 saturated heterocycles. The molecule has 0 bridgehead atoms. The topological polar surface area (TPSA) is 156 Å². The van der Waals surface area contributed by atoms with Crippen molar-refractivity contribution in [3.8, 4) is 0 Å². The Morgan fingerprint density at radius 1 is 0.786 bits per heavy atom. The lowest BCUT2D eigenvalue weighted by molar-refractivity contribution is -0.255. The minimum atomic E-state index is -1.34. The van der Waals surface area contributed by atoms with Gasteiger partial charge in [-0.2, -0.15) is 0 Å². The fourth-order valence-electron chi connectivity index (χ4n) is 2.55. The van der Waals surface area contributed by atoms with Crippen LogP contribution >= 0.6 is 0 Å². The maximum atomic E-state index is 11.8. The number of nitrogens with one attached hydrogen (secondary N) is 2.